The Hall–Kier alpha value is -2.87. The number of likely N-dealkylation sites (tertiary alicyclic amines) is 1. The Morgan fingerprint density at radius 1 is 1.17 bits per heavy atom. The van der Waals surface area contributed by atoms with Crippen molar-refractivity contribution in [3.63, 3.8) is 0 Å². The van der Waals surface area contributed by atoms with Gasteiger partial charge in [-0.1, -0.05) is 17.4 Å². The number of carbonyl (C=O) groups is 1. The Balaban J connectivity index is 1.40. The van der Waals surface area contributed by atoms with Crippen LogP contribution in [0.4, 0.5) is 4.39 Å². The summed E-state index contributed by atoms with van der Waals surface area (Å²) in [5.41, 5.74) is 0.848. The highest BCUT2D eigenvalue weighted by Crippen LogP contribution is 2.32. The van der Waals surface area contributed by atoms with Crippen molar-refractivity contribution in [1.29, 1.82) is 0 Å². The van der Waals surface area contributed by atoms with Crippen LogP contribution in [0.1, 0.15) is 23.2 Å². The SMILES string of the molecule is COc1ccc(C(=O)N2CCC(Oc3nc4c(F)cccc4s3)CC2)c(OC)c1. The van der Waals surface area contributed by atoms with Crippen molar-refractivity contribution in [2.75, 3.05) is 27.3 Å². The highest BCUT2D eigenvalue weighted by atomic mass is 32.1. The average molecular weight is 416 g/mol. The van der Waals surface area contributed by atoms with E-state index in [2.05, 4.69) is 4.98 Å². The van der Waals surface area contributed by atoms with E-state index in [9.17, 15) is 9.18 Å². The van der Waals surface area contributed by atoms with E-state index in [4.69, 9.17) is 14.2 Å². The number of carbonyl (C=O) groups excluding carboxylic acids is 1. The minimum atomic E-state index is -0.345. The lowest BCUT2D eigenvalue weighted by atomic mass is 10.1. The molecule has 1 aliphatic heterocycles. The zero-order chi connectivity index (χ0) is 20.4. The Labute approximate surface area is 171 Å². The first kappa shape index (κ1) is 19.4. The fourth-order valence-corrected chi connectivity index (χ4v) is 4.31. The van der Waals surface area contributed by atoms with Gasteiger partial charge in [0.2, 0.25) is 0 Å². The van der Waals surface area contributed by atoms with Gasteiger partial charge in [0.15, 0.2) is 0 Å². The number of fused-ring (bicyclic) bond motifs is 1. The summed E-state index contributed by atoms with van der Waals surface area (Å²) in [4.78, 5) is 19.0. The van der Waals surface area contributed by atoms with Crippen LogP contribution in [0.2, 0.25) is 0 Å². The summed E-state index contributed by atoms with van der Waals surface area (Å²) in [6.07, 6.45) is 1.31. The molecule has 6 nitrogen and oxygen atoms in total. The molecule has 1 aromatic heterocycles. The molecule has 0 spiro atoms. The molecule has 1 fully saturated rings. The highest BCUT2D eigenvalue weighted by Gasteiger charge is 2.27. The molecule has 29 heavy (non-hydrogen) atoms. The lowest BCUT2D eigenvalue weighted by molar-refractivity contribution is 0.0592. The molecule has 3 aromatic rings. The number of rotatable bonds is 5. The smallest absolute Gasteiger partial charge is 0.274 e. The second-order valence-electron chi connectivity index (χ2n) is 6.74. The first-order chi connectivity index (χ1) is 14.1. The molecule has 2 aromatic carbocycles. The Morgan fingerprint density at radius 3 is 2.66 bits per heavy atom. The molecular weight excluding hydrogens is 395 g/mol. The molecule has 8 heteroatoms. The first-order valence-electron chi connectivity index (χ1n) is 9.32. The van der Waals surface area contributed by atoms with Gasteiger partial charge in [-0.05, 0) is 24.3 Å². The maximum atomic E-state index is 13.8. The number of aromatic nitrogens is 1. The molecule has 0 N–H and O–H groups in total. The Morgan fingerprint density at radius 2 is 1.97 bits per heavy atom. The van der Waals surface area contributed by atoms with Crippen LogP contribution in [0.15, 0.2) is 36.4 Å². The number of benzene rings is 2. The molecule has 0 unspecified atom stereocenters. The van der Waals surface area contributed by atoms with Crippen LogP contribution in [0.3, 0.4) is 0 Å². The van der Waals surface area contributed by atoms with Crippen LogP contribution in [0.5, 0.6) is 16.7 Å². The molecular formula is C21H21FN2O4S. The predicted molar refractivity (Wildman–Crippen MR) is 109 cm³/mol. The van der Waals surface area contributed by atoms with Gasteiger partial charge in [-0.25, -0.2) is 4.39 Å². The lowest BCUT2D eigenvalue weighted by Crippen LogP contribution is -2.41. The monoisotopic (exact) mass is 416 g/mol. The van der Waals surface area contributed by atoms with Gasteiger partial charge in [0.05, 0.1) is 24.5 Å². The summed E-state index contributed by atoms with van der Waals surface area (Å²) >= 11 is 1.34. The average Bonchev–Trinajstić information content (AvgIpc) is 3.17. The molecule has 0 radical (unpaired) electrons. The first-order valence-corrected chi connectivity index (χ1v) is 10.1. The van der Waals surface area contributed by atoms with E-state index in [0.717, 1.165) is 4.70 Å². The largest absolute Gasteiger partial charge is 0.497 e. The van der Waals surface area contributed by atoms with E-state index in [0.29, 0.717) is 53.7 Å². The number of para-hydroxylation sites is 1. The van der Waals surface area contributed by atoms with E-state index in [1.807, 2.05) is 6.07 Å². The van der Waals surface area contributed by atoms with Gasteiger partial charge in [-0.2, -0.15) is 4.98 Å². The van der Waals surface area contributed by atoms with Gasteiger partial charge < -0.3 is 19.1 Å². The number of halogens is 1. The number of ether oxygens (including phenoxy) is 3. The summed E-state index contributed by atoms with van der Waals surface area (Å²) in [5, 5.41) is 0.465. The molecule has 0 saturated carbocycles. The zero-order valence-electron chi connectivity index (χ0n) is 16.2. The molecule has 0 atom stereocenters. The standard InChI is InChI=1S/C21H21FN2O4S/c1-26-14-6-7-15(17(12-14)27-2)20(25)24-10-8-13(9-11-24)28-21-23-19-16(22)4-3-5-18(19)29-21/h3-7,12-13H,8-11H2,1-2H3. The summed E-state index contributed by atoms with van der Waals surface area (Å²) in [7, 11) is 3.10. The van der Waals surface area contributed by atoms with Gasteiger partial charge in [0.1, 0.15) is 28.9 Å². The molecule has 0 aliphatic carbocycles. The minimum Gasteiger partial charge on any atom is -0.497 e. The molecule has 2 heterocycles. The number of hydrogen-bond acceptors (Lipinski definition) is 6. The van der Waals surface area contributed by atoms with E-state index in [1.54, 1.807) is 36.3 Å². The summed E-state index contributed by atoms with van der Waals surface area (Å²) in [5.74, 6) is 0.703. The van der Waals surface area contributed by atoms with Gasteiger partial charge in [-0.3, -0.25) is 4.79 Å². The van der Waals surface area contributed by atoms with Crippen LogP contribution >= 0.6 is 11.3 Å². The Kier molecular flexibility index (Phi) is 5.53. The van der Waals surface area contributed by atoms with Crippen molar-refractivity contribution in [3.05, 3.63) is 47.8 Å². The van der Waals surface area contributed by atoms with Crippen molar-refractivity contribution in [2.45, 2.75) is 18.9 Å². The van der Waals surface area contributed by atoms with Crippen molar-refractivity contribution < 1.29 is 23.4 Å². The number of nitrogens with zero attached hydrogens (tertiary/aromatic N) is 2. The summed E-state index contributed by atoms with van der Waals surface area (Å²) < 4.78 is 31.1. The van der Waals surface area contributed by atoms with Crippen LogP contribution in [0.25, 0.3) is 10.2 Å². The second kappa shape index (κ2) is 8.24. The van der Waals surface area contributed by atoms with Crippen LogP contribution < -0.4 is 14.2 Å². The van der Waals surface area contributed by atoms with Gasteiger partial charge in [0, 0.05) is 32.0 Å². The van der Waals surface area contributed by atoms with Gasteiger partial charge in [0.25, 0.3) is 11.1 Å². The van der Waals surface area contributed by atoms with E-state index < -0.39 is 0 Å². The quantitative estimate of drug-likeness (QED) is 0.626. The molecule has 1 aliphatic rings. The van der Waals surface area contributed by atoms with Crippen LogP contribution in [0, 0.1) is 5.82 Å². The maximum absolute atomic E-state index is 13.8. The van der Waals surface area contributed by atoms with Gasteiger partial charge in [-0.15, -0.1) is 0 Å². The third kappa shape index (κ3) is 3.98. The van der Waals surface area contributed by atoms with Crippen molar-refractivity contribution in [3.8, 4) is 16.7 Å². The molecule has 0 bridgehead atoms. The number of methoxy groups -OCH3 is 2. The van der Waals surface area contributed by atoms with Crippen molar-refractivity contribution in [2.24, 2.45) is 0 Å². The number of hydrogen-bond donors (Lipinski definition) is 0. The Bertz CT molecular complexity index is 1030. The van der Waals surface area contributed by atoms with E-state index in [-0.39, 0.29) is 17.8 Å². The highest BCUT2D eigenvalue weighted by molar-refractivity contribution is 7.20. The van der Waals surface area contributed by atoms with E-state index >= 15 is 0 Å². The lowest BCUT2D eigenvalue weighted by Gasteiger charge is -2.32. The number of piperidine rings is 1. The predicted octanol–water partition coefficient (Wildman–Crippen LogP) is 4.14. The summed E-state index contributed by atoms with van der Waals surface area (Å²) in [6.45, 7) is 1.13. The van der Waals surface area contributed by atoms with Crippen molar-refractivity contribution >= 4 is 27.5 Å². The van der Waals surface area contributed by atoms with Crippen molar-refractivity contribution in [1.82, 2.24) is 9.88 Å². The number of amides is 1. The molecule has 1 amide bonds. The van der Waals surface area contributed by atoms with E-state index in [1.165, 1.54) is 24.5 Å². The summed E-state index contributed by atoms with van der Waals surface area (Å²) in [6, 6.07) is 10.1. The topological polar surface area (TPSA) is 60.9 Å². The third-order valence-electron chi connectivity index (χ3n) is 4.99. The fraction of sp³-hybridized carbons (Fsp3) is 0.333. The number of thiazole rings is 1. The van der Waals surface area contributed by atoms with Gasteiger partial charge >= 0.3 is 0 Å². The minimum absolute atomic E-state index is 0.0552. The van der Waals surface area contributed by atoms with Crippen LogP contribution in [-0.4, -0.2) is 49.2 Å². The normalized spacial score (nSPS) is 14.8. The zero-order valence-corrected chi connectivity index (χ0v) is 17.0. The molecule has 1 saturated heterocycles. The molecule has 152 valence electrons. The molecule has 4 rings (SSSR count). The third-order valence-corrected chi connectivity index (χ3v) is 5.90. The van der Waals surface area contributed by atoms with Crippen LogP contribution in [-0.2, 0) is 0 Å². The second-order valence-corrected chi connectivity index (χ2v) is 7.74. The fourth-order valence-electron chi connectivity index (χ4n) is 3.41. The maximum Gasteiger partial charge on any atom is 0.274 e.